The molecule has 102 valence electrons. The van der Waals surface area contributed by atoms with Crippen LogP contribution in [0.5, 0.6) is 0 Å². The standard InChI is InChI=1S/C9H10N4O4S2/c1-5-3-11-12-7(5)13-19(15,16)9-6(8(14)17-2)10-4-18-9/h3-4H,1-2H3,(H2,11,12,13). The summed E-state index contributed by atoms with van der Waals surface area (Å²) in [5.74, 6) is -0.563. The van der Waals surface area contributed by atoms with Gasteiger partial charge in [-0.1, -0.05) is 0 Å². The molecule has 2 heterocycles. The number of hydrogen-bond acceptors (Lipinski definition) is 7. The van der Waals surface area contributed by atoms with Gasteiger partial charge >= 0.3 is 5.97 Å². The summed E-state index contributed by atoms with van der Waals surface area (Å²) < 4.78 is 30.9. The SMILES string of the molecule is COC(=O)c1ncsc1S(=O)(=O)Nc1[nH]ncc1C. The number of methoxy groups -OCH3 is 1. The first-order valence-corrected chi connectivity index (χ1v) is 7.36. The van der Waals surface area contributed by atoms with Gasteiger partial charge in [0, 0.05) is 5.56 Å². The lowest BCUT2D eigenvalue weighted by Crippen LogP contribution is -2.16. The van der Waals surface area contributed by atoms with Crippen LogP contribution in [-0.2, 0) is 14.8 Å². The second-order valence-electron chi connectivity index (χ2n) is 3.51. The number of H-pyrrole nitrogens is 1. The Morgan fingerprint density at radius 3 is 2.84 bits per heavy atom. The summed E-state index contributed by atoms with van der Waals surface area (Å²) in [6, 6.07) is 0. The maximum Gasteiger partial charge on any atom is 0.358 e. The summed E-state index contributed by atoms with van der Waals surface area (Å²) in [5.41, 5.74) is 1.66. The maximum atomic E-state index is 12.2. The molecule has 0 aliphatic rings. The minimum Gasteiger partial charge on any atom is -0.464 e. The number of aryl methyl sites for hydroxylation is 1. The minimum absolute atomic E-state index is 0.201. The molecular weight excluding hydrogens is 292 g/mol. The molecule has 0 atom stereocenters. The van der Waals surface area contributed by atoms with Crippen molar-refractivity contribution in [2.45, 2.75) is 11.1 Å². The van der Waals surface area contributed by atoms with Crippen molar-refractivity contribution in [3.63, 3.8) is 0 Å². The first-order valence-electron chi connectivity index (χ1n) is 5.00. The number of nitrogens with zero attached hydrogens (tertiary/aromatic N) is 2. The number of carbonyl (C=O) groups is 1. The zero-order valence-electron chi connectivity index (χ0n) is 10.00. The molecule has 0 unspecified atom stereocenters. The van der Waals surface area contributed by atoms with Crippen LogP contribution in [0.25, 0.3) is 0 Å². The van der Waals surface area contributed by atoms with Crippen LogP contribution in [0.4, 0.5) is 5.82 Å². The molecule has 0 bridgehead atoms. The summed E-state index contributed by atoms with van der Waals surface area (Å²) in [5, 5.41) is 6.22. The maximum absolute atomic E-state index is 12.2. The molecule has 0 amide bonds. The summed E-state index contributed by atoms with van der Waals surface area (Å²) in [6.07, 6.45) is 1.48. The van der Waals surface area contributed by atoms with E-state index >= 15 is 0 Å². The van der Waals surface area contributed by atoms with Gasteiger partial charge in [-0.2, -0.15) is 5.10 Å². The third kappa shape index (κ3) is 2.58. The molecule has 0 saturated carbocycles. The predicted octanol–water partition coefficient (Wildman–Crippen LogP) is 0.762. The van der Waals surface area contributed by atoms with Gasteiger partial charge in [0.1, 0.15) is 5.82 Å². The van der Waals surface area contributed by atoms with Gasteiger partial charge in [-0.05, 0) is 6.92 Å². The average Bonchev–Trinajstić information content (AvgIpc) is 2.98. The molecule has 0 saturated heterocycles. The normalized spacial score (nSPS) is 11.3. The summed E-state index contributed by atoms with van der Waals surface area (Å²) in [4.78, 5) is 15.1. The molecule has 0 aromatic carbocycles. The Kier molecular flexibility index (Phi) is 3.53. The van der Waals surface area contributed by atoms with Crippen molar-refractivity contribution in [3.8, 4) is 0 Å². The molecule has 0 fully saturated rings. The predicted molar refractivity (Wildman–Crippen MR) is 67.6 cm³/mol. The highest BCUT2D eigenvalue weighted by atomic mass is 32.2. The Hall–Kier alpha value is -1.94. The molecule has 2 rings (SSSR count). The van der Waals surface area contributed by atoms with E-state index in [1.807, 2.05) is 0 Å². The van der Waals surface area contributed by atoms with Crippen LogP contribution >= 0.6 is 11.3 Å². The van der Waals surface area contributed by atoms with Crippen molar-refractivity contribution in [1.29, 1.82) is 0 Å². The fourth-order valence-electron chi connectivity index (χ4n) is 1.29. The molecule has 0 spiro atoms. The van der Waals surface area contributed by atoms with E-state index in [-0.39, 0.29) is 15.7 Å². The molecule has 2 aromatic rings. The van der Waals surface area contributed by atoms with Crippen LogP contribution in [-0.4, -0.2) is 36.7 Å². The lowest BCUT2D eigenvalue weighted by Gasteiger charge is -2.05. The van der Waals surface area contributed by atoms with Gasteiger partial charge in [0.05, 0.1) is 18.8 Å². The second-order valence-corrected chi connectivity index (χ2v) is 6.25. The van der Waals surface area contributed by atoms with E-state index in [0.29, 0.717) is 5.56 Å². The third-order valence-corrected chi connectivity index (χ3v) is 4.94. The van der Waals surface area contributed by atoms with Crippen molar-refractivity contribution in [3.05, 3.63) is 23.0 Å². The fraction of sp³-hybridized carbons (Fsp3) is 0.222. The van der Waals surface area contributed by atoms with Crippen LogP contribution in [0.15, 0.2) is 15.9 Å². The number of nitrogens with one attached hydrogen (secondary N) is 2. The van der Waals surface area contributed by atoms with E-state index in [2.05, 4.69) is 24.6 Å². The summed E-state index contributed by atoms with van der Waals surface area (Å²) in [7, 11) is -2.76. The van der Waals surface area contributed by atoms with Crippen LogP contribution in [0.3, 0.4) is 0 Å². The van der Waals surface area contributed by atoms with Crippen LogP contribution in [0, 0.1) is 6.92 Å². The molecule has 19 heavy (non-hydrogen) atoms. The number of ether oxygens (including phenoxy) is 1. The zero-order valence-corrected chi connectivity index (χ0v) is 11.6. The second kappa shape index (κ2) is 4.97. The van der Waals surface area contributed by atoms with E-state index < -0.39 is 16.0 Å². The molecule has 0 aliphatic heterocycles. The van der Waals surface area contributed by atoms with Gasteiger partial charge in [-0.25, -0.2) is 18.2 Å². The van der Waals surface area contributed by atoms with E-state index in [1.54, 1.807) is 6.92 Å². The minimum atomic E-state index is -3.91. The van der Waals surface area contributed by atoms with E-state index in [1.165, 1.54) is 11.7 Å². The highest BCUT2D eigenvalue weighted by Gasteiger charge is 2.27. The topological polar surface area (TPSA) is 114 Å². The van der Waals surface area contributed by atoms with Crippen molar-refractivity contribution in [2.75, 3.05) is 11.8 Å². The number of esters is 1. The Bertz CT molecular complexity index is 703. The molecule has 8 nitrogen and oxygen atoms in total. The number of anilines is 1. The van der Waals surface area contributed by atoms with Gasteiger partial charge in [0.2, 0.25) is 0 Å². The first kappa shape index (κ1) is 13.5. The number of rotatable bonds is 4. The lowest BCUT2D eigenvalue weighted by atomic mass is 10.4. The number of thiazole rings is 1. The van der Waals surface area contributed by atoms with Crippen LogP contribution < -0.4 is 4.72 Å². The summed E-state index contributed by atoms with van der Waals surface area (Å²) in [6.45, 7) is 1.69. The molecular formula is C9H10N4O4S2. The fourth-order valence-corrected chi connectivity index (χ4v) is 3.51. The molecule has 2 N–H and O–H groups in total. The zero-order chi connectivity index (χ0) is 14.0. The van der Waals surface area contributed by atoms with E-state index in [9.17, 15) is 13.2 Å². The molecule has 0 aliphatic carbocycles. The number of hydrogen-bond donors (Lipinski definition) is 2. The number of aromatic amines is 1. The van der Waals surface area contributed by atoms with E-state index in [0.717, 1.165) is 18.4 Å². The first-order chi connectivity index (χ1) is 8.95. The Morgan fingerprint density at radius 2 is 2.26 bits per heavy atom. The molecule has 2 aromatic heterocycles. The average molecular weight is 302 g/mol. The van der Waals surface area contributed by atoms with Crippen molar-refractivity contribution in [1.82, 2.24) is 15.2 Å². The number of sulfonamides is 1. The third-order valence-electron chi connectivity index (χ3n) is 2.22. The monoisotopic (exact) mass is 302 g/mol. The highest BCUT2D eigenvalue weighted by molar-refractivity contribution is 7.94. The number of aromatic nitrogens is 3. The highest BCUT2D eigenvalue weighted by Crippen LogP contribution is 2.23. The van der Waals surface area contributed by atoms with Crippen molar-refractivity contribution < 1.29 is 17.9 Å². The van der Waals surface area contributed by atoms with Gasteiger partial charge in [-0.15, -0.1) is 11.3 Å². The Morgan fingerprint density at radius 1 is 1.53 bits per heavy atom. The molecule has 0 radical (unpaired) electrons. The van der Waals surface area contributed by atoms with Crippen molar-refractivity contribution >= 4 is 33.1 Å². The van der Waals surface area contributed by atoms with Gasteiger partial charge in [0.15, 0.2) is 9.90 Å². The van der Waals surface area contributed by atoms with Gasteiger partial charge in [-0.3, -0.25) is 9.82 Å². The Labute approximate surface area is 112 Å². The van der Waals surface area contributed by atoms with Gasteiger partial charge < -0.3 is 4.74 Å². The van der Waals surface area contributed by atoms with Crippen molar-refractivity contribution in [2.24, 2.45) is 0 Å². The Balaban J connectivity index is 2.38. The number of carbonyl (C=O) groups excluding carboxylic acids is 1. The smallest absolute Gasteiger partial charge is 0.358 e. The van der Waals surface area contributed by atoms with Gasteiger partial charge in [0.25, 0.3) is 10.0 Å². The van der Waals surface area contributed by atoms with Crippen LogP contribution in [0.1, 0.15) is 16.1 Å². The largest absolute Gasteiger partial charge is 0.464 e. The lowest BCUT2D eigenvalue weighted by molar-refractivity contribution is 0.0590. The quantitative estimate of drug-likeness (QED) is 0.806. The van der Waals surface area contributed by atoms with E-state index in [4.69, 9.17) is 0 Å². The van der Waals surface area contributed by atoms with Crippen LogP contribution in [0.2, 0.25) is 0 Å². The molecule has 10 heteroatoms. The summed E-state index contributed by atoms with van der Waals surface area (Å²) >= 11 is 0.831.